The molecule has 0 saturated heterocycles. The van der Waals surface area contributed by atoms with Gasteiger partial charge in [0.25, 0.3) is 0 Å². The standard InChI is InChI=1S/C24H37NO5/c1-19(2)24(3,18-25-4)23(27)30-17-9-7-6-8-16-29-21-13-10-20(11-14-21)12-15-22(26)28-5/h10-15,19,25H,6-9,16-18H2,1-5H3. The number of hydrogen-bond donors (Lipinski definition) is 1. The predicted octanol–water partition coefficient (Wildman–Crippen LogP) is 4.24. The molecule has 1 unspecified atom stereocenters. The zero-order valence-electron chi connectivity index (χ0n) is 19.0. The minimum absolute atomic E-state index is 0.125. The Bertz CT molecular complexity index is 669. The first-order chi connectivity index (χ1) is 14.3. The maximum absolute atomic E-state index is 12.4. The third-order valence-corrected chi connectivity index (χ3v) is 5.32. The van der Waals surface area contributed by atoms with Gasteiger partial charge < -0.3 is 19.5 Å². The van der Waals surface area contributed by atoms with Crippen LogP contribution in [0.15, 0.2) is 30.3 Å². The van der Waals surface area contributed by atoms with Crippen molar-refractivity contribution in [1.29, 1.82) is 0 Å². The van der Waals surface area contributed by atoms with Gasteiger partial charge >= 0.3 is 11.9 Å². The number of carbonyl (C=O) groups is 2. The van der Waals surface area contributed by atoms with Crippen LogP contribution in [0.25, 0.3) is 6.08 Å². The molecular weight excluding hydrogens is 382 g/mol. The van der Waals surface area contributed by atoms with E-state index in [1.807, 2.05) is 52.1 Å². The van der Waals surface area contributed by atoms with Crippen molar-refractivity contribution in [3.63, 3.8) is 0 Å². The van der Waals surface area contributed by atoms with Crippen LogP contribution in [-0.2, 0) is 19.1 Å². The van der Waals surface area contributed by atoms with Crippen LogP contribution < -0.4 is 10.1 Å². The van der Waals surface area contributed by atoms with E-state index in [4.69, 9.17) is 9.47 Å². The Balaban J connectivity index is 2.18. The zero-order valence-corrected chi connectivity index (χ0v) is 19.0. The highest BCUT2D eigenvalue weighted by atomic mass is 16.5. The highest BCUT2D eigenvalue weighted by Crippen LogP contribution is 2.28. The molecule has 1 N–H and O–H groups in total. The normalized spacial score (nSPS) is 13.3. The molecule has 0 spiro atoms. The van der Waals surface area contributed by atoms with Crippen LogP contribution in [0.3, 0.4) is 0 Å². The van der Waals surface area contributed by atoms with Crippen LogP contribution >= 0.6 is 0 Å². The first-order valence-electron chi connectivity index (χ1n) is 10.6. The summed E-state index contributed by atoms with van der Waals surface area (Å²) in [5, 5.41) is 3.09. The number of benzene rings is 1. The van der Waals surface area contributed by atoms with Gasteiger partial charge in [-0.25, -0.2) is 4.79 Å². The molecule has 0 fully saturated rings. The molecule has 6 heteroatoms. The molecule has 30 heavy (non-hydrogen) atoms. The lowest BCUT2D eigenvalue weighted by Crippen LogP contribution is -2.42. The Morgan fingerprint density at radius 1 is 1.07 bits per heavy atom. The second-order valence-electron chi connectivity index (χ2n) is 7.93. The number of hydrogen-bond acceptors (Lipinski definition) is 6. The molecule has 1 aromatic rings. The summed E-state index contributed by atoms with van der Waals surface area (Å²) in [6.07, 6.45) is 6.91. The maximum atomic E-state index is 12.4. The van der Waals surface area contributed by atoms with Crippen LogP contribution in [0.4, 0.5) is 0 Å². The highest BCUT2D eigenvalue weighted by molar-refractivity contribution is 5.86. The van der Waals surface area contributed by atoms with Gasteiger partial charge in [0.1, 0.15) is 5.75 Å². The second kappa shape index (κ2) is 13.8. The third kappa shape index (κ3) is 8.99. The van der Waals surface area contributed by atoms with Crippen molar-refractivity contribution < 1.29 is 23.8 Å². The summed E-state index contributed by atoms with van der Waals surface area (Å²) in [5.74, 6) is 0.515. The van der Waals surface area contributed by atoms with E-state index in [0.29, 0.717) is 19.8 Å². The molecule has 6 nitrogen and oxygen atoms in total. The molecule has 0 amide bonds. The maximum Gasteiger partial charge on any atom is 0.330 e. The largest absolute Gasteiger partial charge is 0.494 e. The van der Waals surface area contributed by atoms with E-state index >= 15 is 0 Å². The number of ether oxygens (including phenoxy) is 3. The van der Waals surface area contributed by atoms with E-state index < -0.39 is 5.41 Å². The molecule has 1 rings (SSSR count). The summed E-state index contributed by atoms with van der Waals surface area (Å²) in [4.78, 5) is 23.5. The van der Waals surface area contributed by atoms with Crippen LogP contribution in [0.1, 0.15) is 52.0 Å². The average Bonchev–Trinajstić information content (AvgIpc) is 2.74. The first-order valence-corrected chi connectivity index (χ1v) is 10.6. The van der Waals surface area contributed by atoms with Gasteiger partial charge in [0, 0.05) is 12.6 Å². The summed E-state index contributed by atoms with van der Waals surface area (Å²) >= 11 is 0. The van der Waals surface area contributed by atoms with Gasteiger partial charge in [-0.3, -0.25) is 4.79 Å². The molecule has 0 radical (unpaired) electrons. The quantitative estimate of drug-likeness (QED) is 0.276. The van der Waals surface area contributed by atoms with E-state index in [1.165, 1.54) is 13.2 Å². The lowest BCUT2D eigenvalue weighted by Gasteiger charge is -2.31. The predicted molar refractivity (Wildman–Crippen MR) is 119 cm³/mol. The molecule has 168 valence electrons. The molecule has 0 aliphatic carbocycles. The van der Waals surface area contributed by atoms with Crippen molar-refractivity contribution in [2.45, 2.75) is 46.5 Å². The van der Waals surface area contributed by atoms with Gasteiger partial charge in [0.05, 0.1) is 25.7 Å². The summed E-state index contributed by atoms with van der Waals surface area (Å²) < 4.78 is 15.8. The summed E-state index contributed by atoms with van der Waals surface area (Å²) in [7, 11) is 3.20. The van der Waals surface area contributed by atoms with Crippen molar-refractivity contribution in [1.82, 2.24) is 5.32 Å². The molecule has 1 aromatic carbocycles. The lowest BCUT2D eigenvalue weighted by atomic mass is 9.79. The van der Waals surface area contributed by atoms with Gasteiger partial charge in [-0.05, 0) is 69.3 Å². The molecule has 0 aliphatic heterocycles. The Morgan fingerprint density at radius 2 is 1.70 bits per heavy atom. The molecule has 0 aliphatic rings. The van der Waals surface area contributed by atoms with Gasteiger partial charge in [0.2, 0.25) is 0 Å². The molecule has 0 bridgehead atoms. The summed E-state index contributed by atoms with van der Waals surface area (Å²) in [6, 6.07) is 7.55. The molecular formula is C24H37NO5. The molecule has 0 saturated carbocycles. The number of rotatable bonds is 14. The fourth-order valence-electron chi connectivity index (χ4n) is 2.86. The van der Waals surface area contributed by atoms with Gasteiger partial charge in [0.15, 0.2) is 0 Å². The Kier molecular flexibility index (Phi) is 11.8. The van der Waals surface area contributed by atoms with Crippen molar-refractivity contribution in [3.8, 4) is 5.75 Å². The van der Waals surface area contributed by atoms with Crippen LogP contribution in [-0.4, -0.2) is 45.9 Å². The van der Waals surface area contributed by atoms with E-state index in [0.717, 1.165) is 37.0 Å². The summed E-state index contributed by atoms with van der Waals surface area (Å²) in [6.45, 7) is 7.77. The van der Waals surface area contributed by atoms with Crippen molar-refractivity contribution in [3.05, 3.63) is 35.9 Å². The fraction of sp³-hybridized carbons (Fsp3) is 0.583. The number of unbranched alkanes of at least 4 members (excludes halogenated alkanes) is 3. The smallest absolute Gasteiger partial charge is 0.330 e. The van der Waals surface area contributed by atoms with Gasteiger partial charge in [-0.15, -0.1) is 0 Å². The third-order valence-electron chi connectivity index (χ3n) is 5.32. The van der Waals surface area contributed by atoms with Gasteiger partial charge in [-0.1, -0.05) is 26.0 Å². The number of carbonyl (C=O) groups excluding carboxylic acids is 2. The second-order valence-corrected chi connectivity index (χ2v) is 7.93. The first kappa shape index (κ1) is 25.7. The zero-order chi connectivity index (χ0) is 22.4. The lowest BCUT2D eigenvalue weighted by molar-refractivity contribution is -0.157. The number of methoxy groups -OCH3 is 1. The minimum Gasteiger partial charge on any atom is -0.494 e. The van der Waals surface area contributed by atoms with E-state index in [-0.39, 0.29) is 17.9 Å². The van der Waals surface area contributed by atoms with Crippen LogP contribution in [0.2, 0.25) is 0 Å². The van der Waals surface area contributed by atoms with Gasteiger partial charge in [-0.2, -0.15) is 0 Å². The average molecular weight is 420 g/mol. The fourth-order valence-corrected chi connectivity index (χ4v) is 2.86. The number of esters is 2. The van der Waals surface area contributed by atoms with Crippen molar-refractivity contribution in [2.24, 2.45) is 11.3 Å². The van der Waals surface area contributed by atoms with Crippen LogP contribution in [0, 0.1) is 11.3 Å². The minimum atomic E-state index is -0.493. The Hall–Kier alpha value is -2.34. The molecule has 0 heterocycles. The Morgan fingerprint density at radius 3 is 2.27 bits per heavy atom. The monoisotopic (exact) mass is 419 g/mol. The van der Waals surface area contributed by atoms with Crippen molar-refractivity contribution in [2.75, 3.05) is 33.9 Å². The molecule has 0 aromatic heterocycles. The summed E-state index contributed by atoms with van der Waals surface area (Å²) in [5.41, 5.74) is 0.415. The Labute approximate surface area is 181 Å². The van der Waals surface area contributed by atoms with E-state index in [2.05, 4.69) is 10.1 Å². The van der Waals surface area contributed by atoms with Crippen molar-refractivity contribution >= 4 is 18.0 Å². The van der Waals surface area contributed by atoms with E-state index in [1.54, 1.807) is 6.08 Å². The number of nitrogens with one attached hydrogen (secondary N) is 1. The topological polar surface area (TPSA) is 73.9 Å². The van der Waals surface area contributed by atoms with Crippen LogP contribution in [0.5, 0.6) is 5.75 Å². The van der Waals surface area contributed by atoms with E-state index in [9.17, 15) is 9.59 Å². The molecule has 1 atom stereocenters. The highest BCUT2D eigenvalue weighted by Gasteiger charge is 2.37. The SMILES string of the molecule is CNCC(C)(C(=O)OCCCCCCOc1ccc(C=CC(=O)OC)cc1)C(C)C.